The highest BCUT2D eigenvalue weighted by molar-refractivity contribution is 9.09. The Labute approximate surface area is 86.1 Å². The summed E-state index contributed by atoms with van der Waals surface area (Å²) in [4.78, 5) is 0. The molecule has 0 spiro atoms. The molecule has 0 aliphatic rings. The van der Waals surface area contributed by atoms with E-state index in [2.05, 4.69) is 33.4 Å². The molecule has 1 rings (SSSR count). The van der Waals surface area contributed by atoms with Crippen molar-refractivity contribution in [1.82, 2.24) is 0 Å². The highest BCUT2D eigenvalue weighted by Crippen LogP contribution is 2.03. The van der Waals surface area contributed by atoms with E-state index in [1.807, 2.05) is 18.2 Å². The average Bonchev–Trinajstić information content (AvgIpc) is 2.03. The minimum absolute atomic E-state index is 0. The average molecular weight is 281 g/mol. The fourth-order valence-electron chi connectivity index (χ4n) is 0.748. The molecule has 11 heavy (non-hydrogen) atoms. The zero-order valence-corrected chi connectivity index (χ0v) is 9.39. The van der Waals surface area contributed by atoms with E-state index in [4.69, 9.17) is 0 Å². The summed E-state index contributed by atoms with van der Waals surface area (Å²) in [7, 11) is 0. The van der Waals surface area contributed by atoms with Gasteiger partial charge in [-0.1, -0.05) is 34.1 Å². The number of hydrogen-bond donors (Lipinski definition) is 1. The van der Waals surface area contributed by atoms with Crippen molar-refractivity contribution >= 4 is 38.6 Å². The number of alkyl halides is 1. The number of hydrogen-bond acceptors (Lipinski definition) is 1. The maximum atomic E-state index is 3.34. The van der Waals surface area contributed by atoms with Gasteiger partial charge in [0.1, 0.15) is 0 Å². The molecular formula is C8H11Br2N. The third-order valence-electron chi connectivity index (χ3n) is 1.20. The van der Waals surface area contributed by atoms with Crippen molar-refractivity contribution < 1.29 is 0 Å². The van der Waals surface area contributed by atoms with E-state index in [0.29, 0.717) is 0 Å². The molecule has 0 saturated heterocycles. The third kappa shape index (κ3) is 4.43. The van der Waals surface area contributed by atoms with Gasteiger partial charge in [-0.25, -0.2) is 0 Å². The van der Waals surface area contributed by atoms with E-state index in [1.54, 1.807) is 0 Å². The standard InChI is InChI=1S/C8H10BrN.BrH/c9-6-7-10-8-4-2-1-3-5-8;/h1-5,10H,6-7H2;1H. The van der Waals surface area contributed by atoms with Crippen molar-refractivity contribution in [2.75, 3.05) is 17.2 Å². The van der Waals surface area contributed by atoms with Gasteiger partial charge in [0.2, 0.25) is 0 Å². The van der Waals surface area contributed by atoms with Gasteiger partial charge in [0.25, 0.3) is 0 Å². The monoisotopic (exact) mass is 279 g/mol. The predicted octanol–water partition coefficient (Wildman–Crippen LogP) is 3.07. The fraction of sp³-hybridized carbons (Fsp3) is 0.250. The maximum Gasteiger partial charge on any atom is 0.0340 e. The van der Waals surface area contributed by atoms with Crippen molar-refractivity contribution in [2.45, 2.75) is 0 Å². The van der Waals surface area contributed by atoms with E-state index in [1.165, 1.54) is 5.69 Å². The summed E-state index contributed by atoms with van der Waals surface area (Å²) in [5, 5.41) is 4.24. The lowest BCUT2D eigenvalue weighted by Gasteiger charge is -2.01. The molecule has 0 radical (unpaired) electrons. The number of halogens is 2. The molecule has 0 aliphatic carbocycles. The van der Waals surface area contributed by atoms with Gasteiger partial charge in [0, 0.05) is 17.6 Å². The molecule has 0 fully saturated rings. The second-order valence-corrected chi connectivity index (χ2v) is 2.77. The summed E-state index contributed by atoms with van der Waals surface area (Å²) < 4.78 is 0. The van der Waals surface area contributed by atoms with E-state index < -0.39 is 0 Å². The van der Waals surface area contributed by atoms with Crippen LogP contribution in [0.25, 0.3) is 0 Å². The Hall–Kier alpha value is -0.0200. The molecule has 3 heteroatoms. The van der Waals surface area contributed by atoms with Crippen LogP contribution in [0.3, 0.4) is 0 Å². The Morgan fingerprint density at radius 1 is 1.18 bits per heavy atom. The first-order valence-electron chi connectivity index (χ1n) is 3.28. The van der Waals surface area contributed by atoms with Crippen LogP contribution in [0.2, 0.25) is 0 Å². The van der Waals surface area contributed by atoms with Crippen molar-refractivity contribution in [1.29, 1.82) is 0 Å². The van der Waals surface area contributed by atoms with Gasteiger partial charge < -0.3 is 5.32 Å². The molecule has 1 aromatic rings. The van der Waals surface area contributed by atoms with Crippen molar-refractivity contribution in [3.05, 3.63) is 30.3 Å². The molecule has 0 bridgehead atoms. The Kier molecular flexibility index (Phi) is 6.66. The van der Waals surface area contributed by atoms with Gasteiger partial charge in [-0.05, 0) is 12.1 Å². The fourth-order valence-corrected chi connectivity index (χ4v) is 0.946. The first-order valence-corrected chi connectivity index (χ1v) is 4.40. The molecule has 0 aliphatic heterocycles. The highest BCUT2D eigenvalue weighted by atomic mass is 79.9. The van der Waals surface area contributed by atoms with Crippen LogP contribution in [-0.2, 0) is 0 Å². The summed E-state index contributed by atoms with van der Waals surface area (Å²) >= 11 is 3.34. The van der Waals surface area contributed by atoms with Crippen LogP contribution >= 0.6 is 32.9 Å². The van der Waals surface area contributed by atoms with Gasteiger partial charge >= 0.3 is 0 Å². The van der Waals surface area contributed by atoms with E-state index in [9.17, 15) is 0 Å². The number of benzene rings is 1. The molecule has 0 aromatic heterocycles. The Balaban J connectivity index is 0.000001000. The molecule has 62 valence electrons. The lowest BCUT2D eigenvalue weighted by Crippen LogP contribution is -2.00. The second kappa shape index (κ2) is 6.68. The van der Waals surface area contributed by atoms with Crippen molar-refractivity contribution in [3.63, 3.8) is 0 Å². The molecule has 0 saturated carbocycles. The lowest BCUT2D eigenvalue weighted by atomic mass is 10.3. The lowest BCUT2D eigenvalue weighted by molar-refractivity contribution is 1.24. The second-order valence-electron chi connectivity index (χ2n) is 1.98. The van der Waals surface area contributed by atoms with Crippen LogP contribution in [0.4, 0.5) is 5.69 Å². The number of nitrogens with one attached hydrogen (secondary N) is 1. The minimum Gasteiger partial charge on any atom is -0.384 e. The summed E-state index contributed by atoms with van der Waals surface area (Å²) in [5.74, 6) is 0. The highest BCUT2D eigenvalue weighted by Gasteiger charge is 1.84. The smallest absolute Gasteiger partial charge is 0.0340 e. The zero-order chi connectivity index (χ0) is 7.23. The summed E-state index contributed by atoms with van der Waals surface area (Å²) in [6.45, 7) is 0.976. The Bertz CT molecular complexity index is 177. The topological polar surface area (TPSA) is 12.0 Å². The molecule has 0 heterocycles. The molecule has 1 N–H and O–H groups in total. The van der Waals surface area contributed by atoms with Gasteiger partial charge in [-0.15, -0.1) is 17.0 Å². The quantitative estimate of drug-likeness (QED) is 0.839. The van der Waals surface area contributed by atoms with Crippen molar-refractivity contribution in [3.8, 4) is 0 Å². The van der Waals surface area contributed by atoms with Gasteiger partial charge in [0.05, 0.1) is 0 Å². The first-order chi connectivity index (χ1) is 4.93. The van der Waals surface area contributed by atoms with E-state index >= 15 is 0 Å². The van der Waals surface area contributed by atoms with Crippen LogP contribution in [-0.4, -0.2) is 11.9 Å². The van der Waals surface area contributed by atoms with Gasteiger partial charge in [0.15, 0.2) is 0 Å². The third-order valence-corrected chi connectivity index (χ3v) is 1.59. The van der Waals surface area contributed by atoms with E-state index in [0.717, 1.165) is 11.9 Å². The van der Waals surface area contributed by atoms with Gasteiger partial charge in [-0.3, -0.25) is 0 Å². The number of rotatable bonds is 3. The largest absolute Gasteiger partial charge is 0.384 e. The number of para-hydroxylation sites is 1. The summed E-state index contributed by atoms with van der Waals surface area (Å²) in [6, 6.07) is 10.2. The molecule has 0 atom stereocenters. The van der Waals surface area contributed by atoms with Crippen LogP contribution in [0, 0.1) is 0 Å². The normalized spacial score (nSPS) is 8.45. The van der Waals surface area contributed by atoms with Crippen molar-refractivity contribution in [2.24, 2.45) is 0 Å². The van der Waals surface area contributed by atoms with E-state index in [-0.39, 0.29) is 17.0 Å². The molecule has 1 aromatic carbocycles. The first kappa shape index (κ1) is 11.0. The summed E-state index contributed by atoms with van der Waals surface area (Å²) in [5.41, 5.74) is 1.18. The van der Waals surface area contributed by atoms with Crippen LogP contribution in [0.15, 0.2) is 30.3 Å². The minimum atomic E-state index is 0. The molecular weight excluding hydrogens is 270 g/mol. The number of anilines is 1. The van der Waals surface area contributed by atoms with Crippen LogP contribution in [0.5, 0.6) is 0 Å². The Morgan fingerprint density at radius 2 is 1.82 bits per heavy atom. The molecule has 0 amide bonds. The Morgan fingerprint density at radius 3 is 2.36 bits per heavy atom. The summed E-state index contributed by atoms with van der Waals surface area (Å²) in [6.07, 6.45) is 0. The van der Waals surface area contributed by atoms with Crippen LogP contribution < -0.4 is 5.32 Å². The predicted molar refractivity (Wildman–Crippen MR) is 59.0 cm³/mol. The molecule has 1 nitrogen and oxygen atoms in total. The maximum absolute atomic E-state index is 3.34. The SMILES string of the molecule is Br.BrCCNc1ccccc1. The van der Waals surface area contributed by atoms with Crippen LogP contribution in [0.1, 0.15) is 0 Å². The van der Waals surface area contributed by atoms with Gasteiger partial charge in [-0.2, -0.15) is 0 Å². The zero-order valence-electron chi connectivity index (χ0n) is 6.09. The molecule has 0 unspecified atom stereocenters.